The molecular formula is C11H14F2N2O2S. The Balaban J connectivity index is 2.33. The average molecular weight is 276 g/mol. The van der Waals surface area contributed by atoms with Crippen LogP contribution in [0.4, 0.5) is 14.5 Å². The summed E-state index contributed by atoms with van der Waals surface area (Å²) < 4.78 is 52.7. The van der Waals surface area contributed by atoms with E-state index in [1.165, 1.54) is 0 Å². The third-order valence-electron chi connectivity index (χ3n) is 3.15. The Morgan fingerprint density at radius 1 is 1.33 bits per heavy atom. The van der Waals surface area contributed by atoms with Crippen LogP contribution in [0.3, 0.4) is 0 Å². The van der Waals surface area contributed by atoms with Crippen molar-refractivity contribution in [3.8, 4) is 0 Å². The van der Waals surface area contributed by atoms with Crippen LogP contribution >= 0.6 is 0 Å². The predicted molar refractivity (Wildman–Crippen MR) is 63.3 cm³/mol. The van der Waals surface area contributed by atoms with Crippen molar-refractivity contribution < 1.29 is 17.2 Å². The zero-order chi connectivity index (χ0) is 13.7. The second kappa shape index (κ2) is 3.89. The lowest BCUT2D eigenvalue weighted by molar-refractivity contribution is 0.534. The highest BCUT2D eigenvalue weighted by Gasteiger charge is 2.48. The fraction of sp³-hybridized carbons (Fsp3) is 0.455. The molecule has 0 heterocycles. The summed E-state index contributed by atoms with van der Waals surface area (Å²) in [6, 6.07) is 1.04. The number of nitrogens with one attached hydrogen (secondary N) is 1. The van der Waals surface area contributed by atoms with Crippen LogP contribution in [0.25, 0.3) is 0 Å². The van der Waals surface area contributed by atoms with E-state index < -0.39 is 32.2 Å². The van der Waals surface area contributed by atoms with Crippen molar-refractivity contribution in [3.63, 3.8) is 0 Å². The standard InChI is InChI=1S/C11H14F2N2O2S/c1-11(2)5-10(11)15-18(16,17)9-4-8(14)6(12)3-7(9)13/h3-4,10,15H,5,14H2,1-2H3. The maximum Gasteiger partial charge on any atom is 0.243 e. The number of hydrogen-bond acceptors (Lipinski definition) is 3. The van der Waals surface area contributed by atoms with E-state index >= 15 is 0 Å². The van der Waals surface area contributed by atoms with E-state index in [0.717, 1.165) is 6.07 Å². The van der Waals surface area contributed by atoms with E-state index in [-0.39, 0.29) is 11.5 Å². The Labute approximate surface area is 104 Å². The molecule has 2 rings (SSSR count). The highest BCUT2D eigenvalue weighted by Crippen LogP contribution is 2.45. The van der Waals surface area contributed by atoms with Crippen molar-refractivity contribution in [3.05, 3.63) is 23.8 Å². The van der Waals surface area contributed by atoms with Gasteiger partial charge in [-0.3, -0.25) is 0 Å². The summed E-state index contributed by atoms with van der Waals surface area (Å²) in [5, 5.41) is 0. The summed E-state index contributed by atoms with van der Waals surface area (Å²) in [5.41, 5.74) is 4.73. The van der Waals surface area contributed by atoms with Gasteiger partial charge in [0.25, 0.3) is 0 Å². The molecule has 7 heteroatoms. The molecule has 1 atom stereocenters. The lowest BCUT2D eigenvalue weighted by Gasteiger charge is -2.10. The minimum absolute atomic E-state index is 0.130. The van der Waals surface area contributed by atoms with Gasteiger partial charge in [-0.05, 0) is 17.9 Å². The molecule has 3 N–H and O–H groups in total. The number of nitrogen functional groups attached to an aromatic ring is 1. The fourth-order valence-electron chi connectivity index (χ4n) is 1.67. The largest absolute Gasteiger partial charge is 0.396 e. The molecule has 0 amide bonds. The molecule has 4 nitrogen and oxygen atoms in total. The number of halogens is 2. The summed E-state index contributed by atoms with van der Waals surface area (Å²) in [6.07, 6.45) is 0.685. The molecule has 0 aliphatic heterocycles. The van der Waals surface area contributed by atoms with Gasteiger partial charge >= 0.3 is 0 Å². The van der Waals surface area contributed by atoms with E-state index in [0.29, 0.717) is 12.5 Å². The number of benzene rings is 1. The predicted octanol–water partition coefficient (Wildman–Crippen LogP) is 1.62. The van der Waals surface area contributed by atoms with Crippen molar-refractivity contribution >= 4 is 15.7 Å². The summed E-state index contributed by atoms with van der Waals surface area (Å²) >= 11 is 0. The molecule has 18 heavy (non-hydrogen) atoms. The molecule has 1 aromatic rings. The normalized spacial score (nSPS) is 21.9. The van der Waals surface area contributed by atoms with Crippen LogP contribution in [-0.4, -0.2) is 14.5 Å². The second-order valence-electron chi connectivity index (χ2n) is 5.17. The topological polar surface area (TPSA) is 72.2 Å². The van der Waals surface area contributed by atoms with Gasteiger partial charge in [0.2, 0.25) is 10.0 Å². The first-order valence-electron chi connectivity index (χ1n) is 5.40. The SMILES string of the molecule is CC1(C)CC1NS(=O)(=O)c1cc(N)c(F)cc1F. The zero-order valence-electron chi connectivity index (χ0n) is 10.00. The number of anilines is 1. The Morgan fingerprint density at radius 3 is 2.39 bits per heavy atom. The highest BCUT2D eigenvalue weighted by atomic mass is 32.2. The Bertz CT molecular complexity index is 599. The van der Waals surface area contributed by atoms with Gasteiger partial charge in [-0.25, -0.2) is 21.9 Å². The summed E-state index contributed by atoms with van der Waals surface area (Å²) in [7, 11) is -4.01. The van der Waals surface area contributed by atoms with Crippen LogP contribution in [0.15, 0.2) is 17.0 Å². The molecule has 0 aromatic heterocycles. The third kappa shape index (κ3) is 2.32. The van der Waals surface area contributed by atoms with E-state index in [1.54, 1.807) is 0 Å². The van der Waals surface area contributed by atoms with Crippen molar-refractivity contribution in [2.45, 2.75) is 31.2 Å². The van der Waals surface area contributed by atoms with Gasteiger partial charge in [-0.15, -0.1) is 0 Å². The second-order valence-corrected chi connectivity index (χ2v) is 6.85. The van der Waals surface area contributed by atoms with Crippen molar-refractivity contribution in [1.29, 1.82) is 0 Å². The van der Waals surface area contributed by atoms with Crippen LogP contribution in [0.2, 0.25) is 0 Å². The molecule has 0 radical (unpaired) electrons. The van der Waals surface area contributed by atoms with Gasteiger partial charge in [0.1, 0.15) is 16.5 Å². The van der Waals surface area contributed by atoms with Crippen LogP contribution in [0.5, 0.6) is 0 Å². The first kappa shape index (κ1) is 13.2. The first-order valence-corrected chi connectivity index (χ1v) is 6.89. The van der Waals surface area contributed by atoms with Gasteiger partial charge in [0.05, 0.1) is 5.69 Å². The number of hydrogen-bond donors (Lipinski definition) is 2. The molecule has 1 saturated carbocycles. The molecule has 0 bridgehead atoms. The van der Waals surface area contributed by atoms with Gasteiger partial charge in [-0.1, -0.05) is 13.8 Å². The van der Waals surface area contributed by atoms with Crippen LogP contribution in [0.1, 0.15) is 20.3 Å². The van der Waals surface area contributed by atoms with Crippen LogP contribution in [0, 0.1) is 17.0 Å². The van der Waals surface area contributed by atoms with Gasteiger partial charge in [0.15, 0.2) is 0 Å². The van der Waals surface area contributed by atoms with Gasteiger partial charge < -0.3 is 5.73 Å². The lowest BCUT2D eigenvalue weighted by Crippen LogP contribution is -2.29. The molecule has 100 valence electrons. The average Bonchev–Trinajstić information content (AvgIpc) is 2.78. The minimum atomic E-state index is -4.01. The van der Waals surface area contributed by atoms with Crippen LogP contribution in [-0.2, 0) is 10.0 Å². The quantitative estimate of drug-likeness (QED) is 0.824. The number of rotatable bonds is 3. The van der Waals surface area contributed by atoms with Crippen molar-refractivity contribution in [2.75, 3.05) is 5.73 Å². The van der Waals surface area contributed by atoms with E-state index in [4.69, 9.17) is 5.73 Å². The molecule has 0 saturated heterocycles. The minimum Gasteiger partial charge on any atom is -0.396 e. The molecule has 0 spiro atoms. The summed E-state index contributed by atoms with van der Waals surface area (Å²) in [4.78, 5) is -0.621. The Kier molecular flexibility index (Phi) is 2.86. The molecular weight excluding hydrogens is 262 g/mol. The molecule has 1 unspecified atom stereocenters. The highest BCUT2D eigenvalue weighted by molar-refractivity contribution is 7.89. The fourth-order valence-corrected chi connectivity index (χ4v) is 3.17. The van der Waals surface area contributed by atoms with Gasteiger partial charge in [0, 0.05) is 12.1 Å². The third-order valence-corrected chi connectivity index (χ3v) is 4.64. The van der Waals surface area contributed by atoms with E-state index in [1.807, 2.05) is 13.8 Å². The van der Waals surface area contributed by atoms with E-state index in [2.05, 4.69) is 4.72 Å². The van der Waals surface area contributed by atoms with Crippen molar-refractivity contribution in [1.82, 2.24) is 4.72 Å². The lowest BCUT2D eigenvalue weighted by atomic mass is 10.2. The molecule has 1 fully saturated rings. The molecule has 1 aliphatic carbocycles. The van der Waals surface area contributed by atoms with Crippen LogP contribution < -0.4 is 10.5 Å². The molecule has 1 aromatic carbocycles. The zero-order valence-corrected chi connectivity index (χ0v) is 10.8. The Hall–Kier alpha value is -1.21. The number of sulfonamides is 1. The molecule has 1 aliphatic rings. The summed E-state index contributed by atoms with van der Waals surface area (Å²) in [5.74, 6) is -2.12. The maximum absolute atomic E-state index is 13.5. The smallest absolute Gasteiger partial charge is 0.243 e. The first-order chi connectivity index (χ1) is 8.13. The monoisotopic (exact) mass is 276 g/mol. The summed E-state index contributed by atoms with van der Waals surface area (Å²) in [6.45, 7) is 3.80. The maximum atomic E-state index is 13.5. The van der Waals surface area contributed by atoms with Crippen molar-refractivity contribution in [2.24, 2.45) is 5.41 Å². The Morgan fingerprint density at radius 2 is 1.89 bits per heavy atom. The van der Waals surface area contributed by atoms with Gasteiger partial charge in [-0.2, -0.15) is 0 Å². The number of nitrogens with two attached hydrogens (primary N) is 1. The van der Waals surface area contributed by atoms with E-state index in [9.17, 15) is 17.2 Å².